The van der Waals surface area contributed by atoms with Gasteiger partial charge in [0.1, 0.15) is 11.0 Å². The molecular formula is C13H16N4O2S. The van der Waals surface area contributed by atoms with Gasteiger partial charge >= 0.3 is 0 Å². The molecule has 1 aromatic carbocycles. The summed E-state index contributed by atoms with van der Waals surface area (Å²) in [6.45, 7) is 2.78. The van der Waals surface area contributed by atoms with Gasteiger partial charge in [0.2, 0.25) is 5.91 Å². The Bertz CT molecular complexity index is 595. The maximum absolute atomic E-state index is 11.9. The predicted octanol–water partition coefficient (Wildman–Crippen LogP) is 0.686. The lowest BCUT2D eigenvalue weighted by Crippen LogP contribution is -2.41. The Balaban J connectivity index is 1.51. The molecule has 2 N–H and O–H groups in total. The second kappa shape index (κ2) is 6.25. The molecule has 2 aromatic rings. The molecule has 0 bridgehead atoms. The minimum Gasteiger partial charge on any atom is -0.375 e. The van der Waals surface area contributed by atoms with Crippen molar-refractivity contribution >= 4 is 28.7 Å². The lowest BCUT2D eigenvalue weighted by atomic mass is 10.2. The van der Waals surface area contributed by atoms with Gasteiger partial charge in [-0.3, -0.25) is 4.79 Å². The fraction of sp³-hybridized carbons (Fsp3) is 0.462. The van der Waals surface area contributed by atoms with Gasteiger partial charge in [-0.05, 0) is 17.7 Å². The number of carbonyl (C=O) groups is 1. The summed E-state index contributed by atoms with van der Waals surface area (Å²) in [5.41, 5.74) is 2.80. The number of nitrogens with zero attached hydrogens (tertiary/aromatic N) is 2. The Morgan fingerprint density at radius 1 is 1.45 bits per heavy atom. The maximum Gasteiger partial charge on any atom is 0.222 e. The lowest BCUT2D eigenvalue weighted by molar-refractivity contribution is -0.124. The van der Waals surface area contributed by atoms with E-state index in [-0.39, 0.29) is 12.0 Å². The van der Waals surface area contributed by atoms with Crippen LogP contribution >= 0.6 is 11.7 Å². The Morgan fingerprint density at radius 2 is 2.35 bits per heavy atom. The van der Waals surface area contributed by atoms with Crippen molar-refractivity contribution in [3.8, 4) is 0 Å². The van der Waals surface area contributed by atoms with Gasteiger partial charge in [0.15, 0.2) is 0 Å². The second-order valence-corrected chi connectivity index (χ2v) is 5.29. The van der Waals surface area contributed by atoms with Crippen LogP contribution in [0, 0.1) is 0 Å². The van der Waals surface area contributed by atoms with Crippen molar-refractivity contribution in [2.45, 2.75) is 19.1 Å². The van der Waals surface area contributed by atoms with Crippen LogP contribution in [0.25, 0.3) is 11.0 Å². The molecule has 0 spiro atoms. The number of hydrogen-bond acceptors (Lipinski definition) is 6. The summed E-state index contributed by atoms with van der Waals surface area (Å²) in [4.78, 5) is 11.9. The van der Waals surface area contributed by atoms with Crippen molar-refractivity contribution < 1.29 is 9.53 Å². The highest BCUT2D eigenvalue weighted by molar-refractivity contribution is 7.00. The molecule has 2 heterocycles. The number of nitrogens with one attached hydrogen (secondary N) is 2. The quantitative estimate of drug-likeness (QED) is 0.867. The third kappa shape index (κ3) is 3.30. The van der Waals surface area contributed by atoms with E-state index >= 15 is 0 Å². The number of rotatable bonds is 4. The Hall–Kier alpha value is -1.57. The number of carbonyl (C=O) groups excluding carboxylic acids is 1. The Kier molecular flexibility index (Phi) is 4.19. The van der Waals surface area contributed by atoms with Gasteiger partial charge in [-0.1, -0.05) is 6.07 Å². The van der Waals surface area contributed by atoms with E-state index in [2.05, 4.69) is 19.4 Å². The van der Waals surface area contributed by atoms with Gasteiger partial charge in [-0.2, -0.15) is 8.75 Å². The number of morpholine rings is 1. The number of benzene rings is 1. The van der Waals surface area contributed by atoms with Crippen LogP contribution in [0.15, 0.2) is 18.2 Å². The minimum atomic E-state index is -0.0195. The number of fused-ring (bicyclic) bond motifs is 1. The van der Waals surface area contributed by atoms with Gasteiger partial charge in [0.25, 0.3) is 0 Å². The minimum absolute atomic E-state index is 0.00944. The van der Waals surface area contributed by atoms with Crippen LogP contribution in [-0.4, -0.2) is 40.5 Å². The first-order chi connectivity index (χ1) is 9.81. The summed E-state index contributed by atoms with van der Waals surface area (Å²) in [5, 5.41) is 6.12. The Labute approximate surface area is 120 Å². The van der Waals surface area contributed by atoms with Gasteiger partial charge in [0.05, 0.1) is 30.9 Å². The van der Waals surface area contributed by atoms with E-state index in [0.29, 0.717) is 19.6 Å². The number of ether oxygens (including phenoxy) is 1. The van der Waals surface area contributed by atoms with Crippen molar-refractivity contribution in [1.29, 1.82) is 0 Å². The highest BCUT2D eigenvalue weighted by Crippen LogP contribution is 2.13. The van der Waals surface area contributed by atoms with Gasteiger partial charge < -0.3 is 15.4 Å². The van der Waals surface area contributed by atoms with Crippen molar-refractivity contribution in [3.05, 3.63) is 23.8 Å². The van der Waals surface area contributed by atoms with E-state index in [0.717, 1.165) is 29.7 Å². The van der Waals surface area contributed by atoms with Crippen LogP contribution in [0.3, 0.4) is 0 Å². The van der Waals surface area contributed by atoms with Crippen molar-refractivity contribution in [3.63, 3.8) is 0 Å². The van der Waals surface area contributed by atoms with Gasteiger partial charge in [-0.15, -0.1) is 0 Å². The van der Waals surface area contributed by atoms with Crippen LogP contribution < -0.4 is 10.6 Å². The van der Waals surface area contributed by atoms with Crippen LogP contribution in [0.5, 0.6) is 0 Å². The molecule has 0 saturated carbocycles. The molecule has 0 unspecified atom stereocenters. The van der Waals surface area contributed by atoms with E-state index < -0.39 is 0 Å². The molecule has 7 heteroatoms. The van der Waals surface area contributed by atoms with E-state index in [1.165, 1.54) is 11.7 Å². The Morgan fingerprint density at radius 3 is 3.20 bits per heavy atom. The molecule has 1 aliphatic heterocycles. The zero-order valence-corrected chi connectivity index (χ0v) is 11.8. The van der Waals surface area contributed by atoms with E-state index in [1.54, 1.807) is 0 Å². The monoisotopic (exact) mass is 292 g/mol. The normalized spacial score (nSPS) is 19.1. The first-order valence-electron chi connectivity index (χ1n) is 6.61. The molecule has 0 radical (unpaired) electrons. The molecular weight excluding hydrogens is 276 g/mol. The first kappa shape index (κ1) is 13.4. The van der Waals surface area contributed by atoms with Crippen molar-refractivity contribution in [2.75, 3.05) is 19.7 Å². The van der Waals surface area contributed by atoms with Gasteiger partial charge in [0, 0.05) is 19.6 Å². The largest absolute Gasteiger partial charge is 0.375 e. The summed E-state index contributed by atoms with van der Waals surface area (Å²) in [5.74, 6) is 0.00944. The van der Waals surface area contributed by atoms with E-state index in [1.807, 2.05) is 18.2 Å². The second-order valence-electron chi connectivity index (χ2n) is 4.77. The van der Waals surface area contributed by atoms with Crippen LogP contribution in [0.1, 0.15) is 12.0 Å². The van der Waals surface area contributed by atoms with Crippen LogP contribution in [-0.2, 0) is 16.1 Å². The van der Waals surface area contributed by atoms with Crippen LogP contribution in [0.4, 0.5) is 0 Å². The van der Waals surface area contributed by atoms with E-state index in [4.69, 9.17) is 4.74 Å². The zero-order chi connectivity index (χ0) is 13.8. The fourth-order valence-electron chi connectivity index (χ4n) is 2.17. The molecule has 1 amide bonds. The van der Waals surface area contributed by atoms with E-state index in [9.17, 15) is 4.79 Å². The summed E-state index contributed by atoms with van der Waals surface area (Å²) in [6.07, 6.45) is 0.377. The molecule has 3 rings (SSSR count). The third-order valence-electron chi connectivity index (χ3n) is 3.23. The molecule has 1 saturated heterocycles. The molecule has 20 heavy (non-hydrogen) atoms. The highest BCUT2D eigenvalue weighted by Gasteiger charge is 2.17. The summed E-state index contributed by atoms with van der Waals surface area (Å²) in [6, 6.07) is 5.84. The maximum atomic E-state index is 11.9. The predicted molar refractivity (Wildman–Crippen MR) is 76.5 cm³/mol. The molecule has 1 atom stereocenters. The summed E-state index contributed by atoms with van der Waals surface area (Å²) < 4.78 is 13.8. The van der Waals surface area contributed by atoms with Crippen molar-refractivity contribution in [1.82, 2.24) is 19.4 Å². The smallest absolute Gasteiger partial charge is 0.222 e. The molecule has 1 aliphatic rings. The molecule has 6 nitrogen and oxygen atoms in total. The topological polar surface area (TPSA) is 76.1 Å². The van der Waals surface area contributed by atoms with Crippen LogP contribution in [0.2, 0.25) is 0 Å². The zero-order valence-electron chi connectivity index (χ0n) is 11.0. The molecule has 1 aromatic heterocycles. The molecule has 1 fully saturated rings. The van der Waals surface area contributed by atoms with Gasteiger partial charge in [-0.25, -0.2) is 0 Å². The summed E-state index contributed by atoms with van der Waals surface area (Å²) >= 11 is 1.20. The SMILES string of the molecule is O=C(C[C@H]1CNCCO1)NCc1ccc2nsnc2c1. The average Bonchev–Trinajstić information content (AvgIpc) is 2.93. The number of hydrogen-bond donors (Lipinski definition) is 2. The third-order valence-corrected chi connectivity index (χ3v) is 3.78. The number of amides is 1. The standard InChI is InChI=1S/C13H16N4O2S/c18-13(6-10-8-14-3-4-19-10)15-7-9-1-2-11-12(5-9)17-20-16-11/h1-2,5,10,14H,3-4,6-8H2,(H,15,18)/t10-/m0/s1. The molecule has 106 valence electrons. The van der Waals surface area contributed by atoms with Crippen molar-refractivity contribution in [2.24, 2.45) is 0 Å². The number of aromatic nitrogens is 2. The lowest BCUT2D eigenvalue weighted by Gasteiger charge is -2.23. The summed E-state index contributed by atoms with van der Waals surface area (Å²) in [7, 11) is 0. The fourth-order valence-corrected chi connectivity index (χ4v) is 2.69. The average molecular weight is 292 g/mol. The highest BCUT2D eigenvalue weighted by atomic mass is 32.1. The molecule has 0 aliphatic carbocycles. The first-order valence-corrected chi connectivity index (χ1v) is 7.34.